The van der Waals surface area contributed by atoms with Crippen LogP contribution in [0.25, 0.3) is 27.5 Å². The summed E-state index contributed by atoms with van der Waals surface area (Å²) in [5.41, 5.74) is 0.108. The summed E-state index contributed by atoms with van der Waals surface area (Å²) in [5, 5.41) is 22.0. The summed E-state index contributed by atoms with van der Waals surface area (Å²) in [6.45, 7) is 5.78. The first-order chi connectivity index (χ1) is 25.4. The Bertz CT molecular complexity index is 2370. The number of fused-ring (bicyclic) bond motifs is 2. The molecule has 0 radical (unpaired) electrons. The minimum Gasteiger partial charge on any atom is -0.477 e. The number of nitrogens with zero attached hydrogens (tertiary/aromatic N) is 5. The fourth-order valence-corrected chi connectivity index (χ4v) is 6.91. The predicted molar refractivity (Wildman–Crippen MR) is 205 cm³/mol. The summed E-state index contributed by atoms with van der Waals surface area (Å²) in [4.78, 5) is 54.0. The summed E-state index contributed by atoms with van der Waals surface area (Å²) in [7, 11) is 1.99. The van der Waals surface area contributed by atoms with Gasteiger partial charge < -0.3 is 44.8 Å². The molecular formula is C38H40ClF3N6O7. The Morgan fingerprint density at radius 2 is 1.20 bits per heavy atom. The van der Waals surface area contributed by atoms with Gasteiger partial charge in [0.25, 0.3) is 0 Å². The molecule has 3 aromatic carbocycles. The lowest BCUT2D eigenvalue weighted by Gasteiger charge is -2.34. The maximum Gasteiger partial charge on any atom is 0.341 e. The van der Waals surface area contributed by atoms with Crippen LogP contribution in [0.15, 0.2) is 70.5 Å². The second kappa shape index (κ2) is 16.5. The number of hydrogen-bond acceptors (Lipinski definition) is 8. The number of aromatic nitrogens is 2. The molecule has 2 saturated heterocycles. The second-order valence-corrected chi connectivity index (χ2v) is 13.5. The van der Waals surface area contributed by atoms with Crippen LogP contribution in [0.5, 0.6) is 0 Å². The van der Waals surface area contributed by atoms with E-state index in [2.05, 4.69) is 10.2 Å². The zero-order valence-corrected chi connectivity index (χ0v) is 30.5. The lowest BCUT2D eigenvalue weighted by atomic mass is 10.1. The number of carboxylic acid groups (broad SMARTS) is 2. The number of hydrogen-bond donors (Lipinski definition) is 3. The minimum absolute atomic E-state index is 0. The van der Waals surface area contributed by atoms with E-state index in [0.29, 0.717) is 54.3 Å². The number of rotatable bonds is 6. The molecule has 0 bridgehead atoms. The normalized spacial score (nSPS) is 15.9. The third-order valence-electron chi connectivity index (χ3n) is 9.98. The van der Waals surface area contributed by atoms with Crippen LogP contribution in [-0.4, -0.2) is 101 Å². The Labute approximate surface area is 318 Å². The topological polar surface area (TPSA) is 172 Å². The molecule has 55 heavy (non-hydrogen) atoms. The summed E-state index contributed by atoms with van der Waals surface area (Å²) < 4.78 is 46.2. The number of anilines is 2. The van der Waals surface area contributed by atoms with Gasteiger partial charge in [0.15, 0.2) is 0 Å². The van der Waals surface area contributed by atoms with Gasteiger partial charge in [-0.15, -0.1) is 12.4 Å². The minimum atomic E-state index is -1.41. The van der Waals surface area contributed by atoms with Gasteiger partial charge in [-0.25, -0.2) is 22.8 Å². The first-order valence-electron chi connectivity index (χ1n) is 17.3. The molecule has 3 aliphatic rings. The van der Waals surface area contributed by atoms with Crippen molar-refractivity contribution in [3.05, 3.63) is 110 Å². The highest BCUT2D eigenvalue weighted by molar-refractivity contribution is 5.95. The molecular weight excluding hydrogens is 745 g/mol. The first-order valence-corrected chi connectivity index (χ1v) is 17.3. The number of aromatic carboxylic acids is 2. The van der Waals surface area contributed by atoms with Gasteiger partial charge >= 0.3 is 11.9 Å². The number of benzene rings is 3. The van der Waals surface area contributed by atoms with Crippen molar-refractivity contribution in [1.82, 2.24) is 19.4 Å². The maximum absolute atomic E-state index is 14.9. The van der Waals surface area contributed by atoms with E-state index in [1.165, 1.54) is 47.3 Å². The molecule has 4 heterocycles. The van der Waals surface area contributed by atoms with Crippen molar-refractivity contribution >= 4 is 57.5 Å². The van der Waals surface area contributed by atoms with Crippen molar-refractivity contribution in [2.45, 2.75) is 18.9 Å². The van der Waals surface area contributed by atoms with Gasteiger partial charge in [0, 0.05) is 87.3 Å². The molecule has 0 spiro atoms. The van der Waals surface area contributed by atoms with Crippen LogP contribution in [0.1, 0.15) is 39.6 Å². The van der Waals surface area contributed by atoms with Crippen molar-refractivity contribution in [3.8, 4) is 5.69 Å². The van der Waals surface area contributed by atoms with E-state index in [1.54, 1.807) is 12.1 Å². The zero-order valence-electron chi connectivity index (χ0n) is 29.7. The number of likely N-dealkylation sites (N-methyl/N-ethyl adjacent to an activating group) is 1. The Morgan fingerprint density at radius 1 is 0.709 bits per heavy atom. The SMILES string of the molecule is CN1CCN(c2cc3c(cc2F)c(=O)c(C(=O)O)cn3-c2ccc(F)cc2)CC1.Cl.O.O=C(O)c1cn(C2CC2)c2cc(N3CCNCC3)c(F)cc2c1=O. The van der Waals surface area contributed by atoms with Crippen LogP contribution in [0.4, 0.5) is 24.5 Å². The monoisotopic (exact) mass is 784 g/mol. The van der Waals surface area contributed by atoms with Crippen molar-refractivity contribution < 1.29 is 38.4 Å². The van der Waals surface area contributed by atoms with Crippen LogP contribution >= 0.6 is 12.4 Å². The molecule has 5 N–H and O–H groups in total. The Hall–Kier alpha value is -5.42. The Kier molecular flexibility index (Phi) is 12.2. The fraction of sp³-hybridized carbons (Fsp3) is 0.316. The fourth-order valence-electron chi connectivity index (χ4n) is 6.91. The Balaban J connectivity index is 0.000000207. The molecule has 0 atom stereocenters. The smallest absolute Gasteiger partial charge is 0.341 e. The maximum atomic E-state index is 14.9. The standard InChI is InChI=1S/C21H19F2N3O3.C17H18FN3O3.ClH.H2O/c1-24-6-8-25(9-7-24)19-11-18-15(10-17(19)23)20(27)16(21(28)29)12-26(18)14-4-2-13(22)3-5-14;18-13-7-11-14(8-15(13)20-5-3-19-4-6-20)21(10-1-2-10)9-12(16(11)22)17(23)24;;/h2-5,10-12H,6-9H2,1H3,(H,28,29);7-10,19H,1-6H2,(H,23,24);1H;1H2. The van der Waals surface area contributed by atoms with Gasteiger partial charge in [-0.05, 0) is 68.4 Å². The highest BCUT2D eigenvalue weighted by Crippen LogP contribution is 2.38. The molecule has 8 rings (SSSR count). The van der Waals surface area contributed by atoms with Gasteiger partial charge in [0.05, 0.1) is 22.4 Å². The van der Waals surface area contributed by atoms with E-state index in [0.717, 1.165) is 45.1 Å². The molecule has 1 saturated carbocycles. The molecule has 5 aromatic rings. The van der Waals surface area contributed by atoms with Crippen LogP contribution in [0.2, 0.25) is 0 Å². The number of carboxylic acids is 2. The second-order valence-electron chi connectivity index (χ2n) is 13.5. The van der Waals surface area contributed by atoms with Crippen LogP contribution in [0.3, 0.4) is 0 Å². The average molecular weight is 785 g/mol. The molecule has 0 unspecified atom stereocenters. The lowest BCUT2D eigenvalue weighted by molar-refractivity contribution is 0.0684. The van der Waals surface area contributed by atoms with E-state index < -0.39 is 45.8 Å². The molecule has 1 aliphatic carbocycles. The summed E-state index contributed by atoms with van der Waals surface area (Å²) in [6, 6.07) is 11.2. The van der Waals surface area contributed by atoms with Gasteiger partial charge in [-0.3, -0.25) is 9.59 Å². The number of pyridine rings is 2. The van der Waals surface area contributed by atoms with Gasteiger partial charge in [-0.1, -0.05) is 0 Å². The molecule has 2 aromatic heterocycles. The molecule has 2 aliphatic heterocycles. The average Bonchev–Trinajstić information content (AvgIpc) is 3.99. The number of nitrogens with one attached hydrogen (secondary N) is 1. The number of carbonyl (C=O) groups is 2. The number of halogens is 4. The van der Waals surface area contributed by atoms with Gasteiger partial charge in [0.2, 0.25) is 10.9 Å². The molecule has 292 valence electrons. The van der Waals surface area contributed by atoms with Gasteiger partial charge in [-0.2, -0.15) is 0 Å². The quantitative estimate of drug-likeness (QED) is 0.230. The van der Waals surface area contributed by atoms with E-state index >= 15 is 0 Å². The van der Waals surface area contributed by atoms with E-state index in [-0.39, 0.29) is 40.3 Å². The third kappa shape index (κ3) is 8.17. The number of piperazine rings is 2. The van der Waals surface area contributed by atoms with Crippen molar-refractivity contribution in [3.63, 3.8) is 0 Å². The van der Waals surface area contributed by atoms with E-state index in [4.69, 9.17) is 0 Å². The Morgan fingerprint density at radius 3 is 1.73 bits per heavy atom. The predicted octanol–water partition coefficient (Wildman–Crippen LogP) is 3.90. The zero-order chi connectivity index (χ0) is 37.6. The molecule has 17 heteroatoms. The van der Waals surface area contributed by atoms with Crippen LogP contribution in [-0.2, 0) is 0 Å². The molecule has 0 amide bonds. The highest BCUT2D eigenvalue weighted by atomic mass is 35.5. The van der Waals surface area contributed by atoms with Crippen molar-refractivity contribution in [1.29, 1.82) is 0 Å². The van der Waals surface area contributed by atoms with E-state index in [1.807, 2.05) is 21.4 Å². The highest BCUT2D eigenvalue weighted by Gasteiger charge is 2.28. The van der Waals surface area contributed by atoms with Crippen LogP contribution < -0.4 is 26.0 Å². The van der Waals surface area contributed by atoms with Crippen molar-refractivity contribution in [2.24, 2.45) is 0 Å². The van der Waals surface area contributed by atoms with Gasteiger partial charge in [0.1, 0.15) is 28.6 Å². The first kappa shape index (κ1) is 40.8. The summed E-state index contributed by atoms with van der Waals surface area (Å²) in [6.07, 6.45) is 4.49. The lowest BCUT2D eigenvalue weighted by Crippen LogP contribution is -2.44. The third-order valence-corrected chi connectivity index (χ3v) is 9.98. The molecule has 3 fully saturated rings. The summed E-state index contributed by atoms with van der Waals surface area (Å²) in [5.74, 6) is -4.18. The largest absolute Gasteiger partial charge is 0.477 e. The molecule has 13 nitrogen and oxygen atoms in total. The van der Waals surface area contributed by atoms with E-state index in [9.17, 15) is 42.6 Å². The summed E-state index contributed by atoms with van der Waals surface area (Å²) >= 11 is 0. The van der Waals surface area contributed by atoms with Crippen molar-refractivity contribution in [2.75, 3.05) is 69.2 Å². The van der Waals surface area contributed by atoms with Crippen LogP contribution in [0, 0.1) is 17.5 Å².